The molecular weight excluding hydrogens is 793 g/mol. The Labute approximate surface area is 399 Å². The van der Waals surface area contributed by atoms with Gasteiger partial charge in [-0.1, -0.05) is 270 Å². The summed E-state index contributed by atoms with van der Waals surface area (Å²) < 4.78 is 16.7. The van der Waals surface area contributed by atoms with Crippen molar-refractivity contribution in [2.24, 2.45) is 0 Å². The lowest BCUT2D eigenvalue weighted by Crippen LogP contribution is -2.30. The molecule has 1 unspecified atom stereocenters. The summed E-state index contributed by atoms with van der Waals surface area (Å²) in [6, 6.07) is 0. The molecule has 1 atom stereocenters. The molecule has 378 valence electrons. The Morgan fingerprint density at radius 1 is 0.297 bits per heavy atom. The lowest BCUT2D eigenvalue weighted by atomic mass is 10.0. The molecule has 6 heteroatoms. The minimum Gasteiger partial charge on any atom is -0.462 e. The van der Waals surface area contributed by atoms with Crippen molar-refractivity contribution in [3.8, 4) is 0 Å². The minimum atomic E-state index is -0.767. The van der Waals surface area contributed by atoms with Gasteiger partial charge in [-0.15, -0.1) is 0 Å². The minimum absolute atomic E-state index is 0.0687. The molecule has 0 radical (unpaired) electrons. The van der Waals surface area contributed by atoms with E-state index in [1.54, 1.807) is 0 Å². The van der Waals surface area contributed by atoms with E-state index in [2.05, 4.69) is 32.9 Å². The van der Waals surface area contributed by atoms with E-state index >= 15 is 0 Å². The fourth-order valence-electron chi connectivity index (χ4n) is 8.68. The number of hydrogen-bond acceptors (Lipinski definition) is 6. The molecule has 0 saturated carbocycles. The average molecular weight is 904 g/mol. The fraction of sp³-hybridized carbons (Fsp3) is 0.914. The molecule has 0 aromatic heterocycles. The van der Waals surface area contributed by atoms with E-state index in [1.807, 2.05) is 0 Å². The maximum absolute atomic E-state index is 12.8. The van der Waals surface area contributed by atoms with Gasteiger partial charge < -0.3 is 14.2 Å². The Kier molecular flexibility index (Phi) is 52.2. The summed E-state index contributed by atoms with van der Waals surface area (Å²) >= 11 is 0. The number of carbonyl (C=O) groups is 3. The third kappa shape index (κ3) is 51.1. The van der Waals surface area contributed by atoms with E-state index in [1.165, 1.54) is 218 Å². The van der Waals surface area contributed by atoms with Gasteiger partial charge in [-0.25, -0.2) is 0 Å². The van der Waals surface area contributed by atoms with Crippen molar-refractivity contribution in [1.82, 2.24) is 0 Å². The molecular formula is C58H110O6. The summed E-state index contributed by atoms with van der Waals surface area (Å²) in [6.07, 6.45) is 61.0. The summed E-state index contributed by atoms with van der Waals surface area (Å²) in [7, 11) is 0. The Morgan fingerprint density at radius 2 is 0.516 bits per heavy atom. The Balaban J connectivity index is 4.06. The quantitative estimate of drug-likeness (QED) is 0.0262. The summed E-state index contributed by atoms with van der Waals surface area (Å²) in [4.78, 5) is 37.8. The van der Waals surface area contributed by atoms with E-state index < -0.39 is 6.10 Å². The summed E-state index contributed by atoms with van der Waals surface area (Å²) in [5.41, 5.74) is 0. The van der Waals surface area contributed by atoms with Gasteiger partial charge in [0, 0.05) is 19.3 Å². The van der Waals surface area contributed by atoms with Crippen LogP contribution in [0, 0.1) is 0 Å². The number of hydrogen-bond donors (Lipinski definition) is 0. The smallest absolute Gasteiger partial charge is 0.306 e. The molecule has 0 heterocycles. The summed E-state index contributed by atoms with van der Waals surface area (Å²) in [6.45, 7) is 6.62. The molecule has 0 amide bonds. The number of rotatable bonds is 53. The highest BCUT2D eigenvalue weighted by molar-refractivity contribution is 5.71. The molecule has 0 aliphatic heterocycles. The fourth-order valence-corrected chi connectivity index (χ4v) is 8.68. The van der Waals surface area contributed by atoms with Crippen LogP contribution in [0.5, 0.6) is 0 Å². The maximum atomic E-state index is 12.8. The van der Waals surface area contributed by atoms with Crippen LogP contribution in [-0.4, -0.2) is 37.2 Å². The third-order valence-electron chi connectivity index (χ3n) is 13.0. The second-order valence-corrected chi connectivity index (χ2v) is 19.6. The van der Waals surface area contributed by atoms with Gasteiger partial charge in [0.05, 0.1) is 0 Å². The van der Waals surface area contributed by atoms with Crippen molar-refractivity contribution in [2.75, 3.05) is 13.2 Å². The van der Waals surface area contributed by atoms with Crippen LogP contribution < -0.4 is 0 Å². The van der Waals surface area contributed by atoms with Crippen molar-refractivity contribution in [3.63, 3.8) is 0 Å². The van der Waals surface area contributed by atoms with Crippen molar-refractivity contribution >= 4 is 17.9 Å². The molecule has 0 fully saturated rings. The van der Waals surface area contributed by atoms with E-state index in [0.29, 0.717) is 19.3 Å². The van der Waals surface area contributed by atoms with Crippen LogP contribution in [0.2, 0.25) is 0 Å². The number of esters is 3. The molecule has 0 rings (SSSR count). The van der Waals surface area contributed by atoms with E-state index in [4.69, 9.17) is 14.2 Å². The first kappa shape index (κ1) is 62.1. The zero-order valence-corrected chi connectivity index (χ0v) is 43.3. The topological polar surface area (TPSA) is 78.9 Å². The first-order valence-corrected chi connectivity index (χ1v) is 28.7. The molecule has 0 bridgehead atoms. The maximum Gasteiger partial charge on any atom is 0.306 e. The van der Waals surface area contributed by atoms with Crippen molar-refractivity contribution in [2.45, 2.75) is 329 Å². The van der Waals surface area contributed by atoms with Gasteiger partial charge in [0.1, 0.15) is 13.2 Å². The van der Waals surface area contributed by atoms with Crippen LogP contribution in [0.15, 0.2) is 12.2 Å². The molecule has 0 spiro atoms. The van der Waals surface area contributed by atoms with Crippen LogP contribution >= 0.6 is 0 Å². The third-order valence-corrected chi connectivity index (χ3v) is 13.0. The zero-order valence-electron chi connectivity index (χ0n) is 43.3. The summed E-state index contributed by atoms with van der Waals surface area (Å²) in [5, 5.41) is 0. The van der Waals surface area contributed by atoms with E-state index in [0.717, 1.165) is 64.2 Å². The number of ether oxygens (including phenoxy) is 3. The highest BCUT2D eigenvalue weighted by Crippen LogP contribution is 2.17. The highest BCUT2D eigenvalue weighted by Gasteiger charge is 2.19. The second kappa shape index (κ2) is 53.8. The van der Waals surface area contributed by atoms with Crippen LogP contribution in [0.4, 0.5) is 0 Å². The highest BCUT2D eigenvalue weighted by atomic mass is 16.6. The number of unbranched alkanes of at least 4 members (excludes halogenated alkanes) is 40. The largest absolute Gasteiger partial charge is 0.462 e. The van der Waals surface area contributed by atoms with Gasteiger partial charge >= 0.3 is 17.9 Å². The zero-order chi connectivity index (χ0) is 46.5. The van der Waals surface area contributed by atoms with Crippen LogP contribution in [0.3, 0.4) is 0 Å². The van der Waals surface area contributed by atoms with E-state index in [9.17, 15) is 14.4 Å². The molecule has 0 aromatic rings. The van der Waals surface area contributed by atoms with Crippen molar-refractivity contribution < 1.29 is 28.6 Å². The lowest BCUT2D eigenvalue weighted by Gasteiger charge is -2.18. The van der Waals surface area contributed by atoms with Gasteiger partial charge in [-0.2, -0.15) is 0 Å². The van der Waals surface area contributed by atoms with Crippen molar-refractivity contribution in [3.05, 3.63) is 12.2 Å². The Morgan fingerprint density at radius 3 is 0.781 bits per heavy atom. The Hall–Kier alpha value is -1.85. The molecule has 0 aromatic carbocycles. The molecule has 0 saturated heterocycles. The van der Waals surface area contributed by atoms with Crippen LogP contribution in [0.25, 0.3) is 0 Å². The first-order chi connectivity index (χ1) is 31.5. The number of carbonyl (C=O) groups excluding carboxylic acids is 3. The van der Waals surface area contributed by atoms with Gasteiger partial charge in [0.2, 0.25) is 0 Å². The second-order valence-electron chi connectivity index (χ2n) is 19.6. The van der Waals surface area contributed by atoms with Gasteiger partial charge in [-0.05, 0) is 44.9 Å². The summed E-state index contributed by atoms with van der Waals surface area (Å²) in [5.74, 6) is -0.868. The molecule has 0 aliphatic carbocycles. The SMILES string of the molecule is CCCCCCCCC/C=C\CCCCCCCC(=O)OC(COC(=O)CCCCCCCC)COC(=O)CCCCCCCCCCCCCCCCCCCCCCCCCC. The molecule has 0 aliphatic rings. The predicted molar refractivity (Wildman–Crippen MR) is 275 cm³/mol. The number of allylic oxidation sites excluding steroid dienone is 2. The van der Waals surface area contributed by atoms with Gasteiger partial charge in [0.25, 0.3) is 0 Å². The lowest BCUT2D eigenvalue weighted by molar-refractivity contribution is -0.167. The first-order valence-electron chi connectivity index (χ1n) is 28.7. The van der Waals surface area contributed by atoms with Crippen LogP contribution in [-0.2, 0) is 28.6 Å². The Bertz CT molecular complexity index is 993. The molecule has 0 N–H and O–H groups in total. The van der Waals surface area contributed by atoms with Crippen LogP contribution in [0.1, 0.15) is 323 Å². The predicted octanol–water partition coefficient (Wildman–Crippen LogP) is 18.9. The van der Waals surface area contributed by atoms with Gasteiger partial charge in [0.15, 0.2) is 6.10 Å². The standard InChI is InChI=1S/C58H110O6/c1-4-7-10-13-16-18-20-22-24-26-27-28-29-30-31-32-33-35-36-38-40-42-45-48-51-57(60)63-54-55(53-62-56(59)50-47-44-15-12-9-6-3)64-58(61)52-49-46-43-41-39-37-34-25-23-21-19-17-14-11-8-5-2/h25,34,55H,4-24,26-33,35-54H2,1-3H3/b34-25-. The molecule has 6 nitrogen and oxygen atoms in total. The van der Waals surface area contributed by atoms with Gasteiger partial charge in [-0.3, -0.25) is 14.4 Å². The average Bonchev–Trinajstić information content (AvgIpc) is 3.29. The van der Waals surface area contributed by atoms with Crippen molar-refractivity contribution in [1.29, 1.82) is 0 Å². The normalized spacial score (nSPS) is 12.0. The van der Waals surface area contributed by atoms with E-state index in [-0.39, 0.29) is 31.1 Å². The monoisotopic (exact) mass is 903 g/mol. The molecule has 64 heavy (non-hydrogen) atoms.